The summed E-state index contributed by atoms with van der Waals surface area (Å²) in [6, 6.07) is 4.44. The Morgan fingerprint density at radius 3 is 2.82 bits per heavy atom. The zero-order valence-electron chi connectivity index (χ0n) is 12.3. The molecular weight excluding hydrogens is 328 g/mol. The van der Waals surface area contributed by atoms with Gasteiger partial charge in [0.15, 0.2) is 0 Å². The van der Waals surface area contributed by atoms with Crippen molar-refractivity contribution in [2.24, 2.45) is 0 Å². The first-order chi connectivity index (χ1) is 10.4. The van der Waals surface area contributed by atoms with Crippen LogP contribution < -0.4 is 10.0 Å². The molecule has 1 aliphatic heterocycles. The number of hydrogen-bond donors (Lipinski definition) is 2. The minimum absolute atomic E-state index is 0.122. The lowest BCUT2D eigenvalue weighted by Gasteiger charge is -2.22. The van der Waals surface area contributed by atoms with Crippen LogP contribution in [0.5, 0.6) is 0 Å². The predicted molar refractivity (Wildman–Crippen MR) is 85.8 cm³/mol. The van der Waals surface area contributed by atoms with Gasteiger partial charge in [0.1, 0.15) is 0 Å². The molecule has 0 aromatic heterocycles. The lowest BCUT2D eigenvalue weighted by Crippen LogP contribution is -2.31. The summed E-state index contributed by atoms with van der Waals surface area (Å²) >= 11 is 5.87. The monoisotopic (exact) mass is 346 g/mol. The van der Waals surface area contributed by atoms with Crippen LogP contribution in [0.1, 0.15) is 29.6 Å². The number of benzene rings is 1. The number of sulfonamides is 1. The quantitative estimate of drug-likeness (QED) is 0.854. The molecule has 0 spiro atoms. The van der Waals surface area contributed by atoms with Crippen molar-refractivity contribution < 1.29 is 17.9 Å². The van der Waals surface area contributed by atoms with Crippen molar-refractivity contribution in [2.45, 2.75) is 25.4 Å². The van der Waals surface area contributed by atoms with Gasteiger partial charge in [0, 0.05) is 18.7 Å². The van der Waals surface area contributed by atoms with E-state index in [4.69, 9.17) is 16.3 Å². The molecule has 1 amide bonds. The van der Waals surface area contributed by atoms with Crippen LogP contribution >= 0.6 is 11.6 Å². The first kappa shape index (κ1) is 17.1. The Kier molecular flexibility index (Phi) is 5.66. The average Bonchev–Trinajstić information content (AvgIpc) is 2.48. The van der Waals surface area contributed by atoms with Crippen LogP contribution in [0.25, 0.3) is 0 Å². The Morgan fingerprint density at radius 1 is 1.41 bits per heavy atom. The van der Waals surface area contributed by atoms with Gasteiger partial charge in [-0.15, -0.1) is 0 Å². The maximum absolute atomic E-state index is 12.3. The number of nitrogens with one attached hydrogen (secondary N) is 2. The first-order valence-corrected chi connectivity index (χ1v) is 9.08. The van der Waals surface area contributed by atoms with Crippen molar-refractivity contribution in [3.8, 4) is 0 Å². The molecule has 2 rings (SSSR count). The topological polar surface area (TPSA) is 84.5 Å². The average molecular weight is 347 g/mol. The molecule has 0 saturated carbocycles. The molecule has 1 heterocycles. The summed E-state index contributed by atoms with van der Waals surface area (Å²) in [6.07, 6.45) is 2.35. The molecule has 1 aromatic carbocycles. The van der Waals surface area contributed by atoms with Gasteiger partial charge >= 0.3 is 0 Å². The van der Waals surface area contributed by atoms with E-state index in [2.05, 4.69) is 10.0 Å². The van der Waals surface area contributed by atoms with Gasteiger partial charge in [-0.1, -0.05) is 11.6 Å². The third-order valence-electron chi connectivity index (χ3n) is 3.40. The molecule has 122 valence electrons. The van der Waals surface area contributed by atoms with Gasteiger partial charge in [-0.05, 0) is 37.5 Å². The van der Waals surface area contributed by atoms with E-state index in [0.717, 1.165) is 19.3 Å². The van der Waals surface area contributed by atoms with Gasteiger partial charge in [-0.2, -0.15) is 0 Å². The van der Waals surface area contributed by atoms with Crippen molar-refractivity contribution in [3.05, 3.63) is 28.8 Å². The summed E-state index contributed by atoms with van der Waals surface area (Å²) < 4.78 is 32.4. The zero-order chi connectivity index (χ0) is 16.2. The lowest BCUT2D eigenvalue weighted by atomic mass is 10.1. The Bertz CT molecular complexity index is 642. The smallest absolute Gasteiger partial charge is 0.253 e. The molecule has 22 heavy (non-hydrogen) atoms. The summed E-state index contributed by atoms with van der Waals surface area (Å²) in [5.41, 5.74) is 0.391. The van der Waals surface area contributed by atoms with E-state index in [9.17, 15) is 13.2 Å². The highest BCUT2D eigenvalue weighted by Gasteiger charge is 2.23. The molecule has 6 nitrogen and oxygen atoms in total. The van der Waals surface area contributed by atoms with Crippen LogP contribution in [0.15, 0.2) is 18.2 Å². The van der Waals surface area contributed by atoms with E-state index in [1.165, 1.54) is 25.2 Å². The molecule has 1 aliphatic rings. The van der Waals surface area contributed by atoms with Crippen molar-refractivity contribution in [3.63, 3.8) is 0 Å². The number of anilines is 1. The van der Waals surface area contributed by atoms with Gasteiger partial charge in [0.25, 0.3) is 5.91 Å². The predicted octanol–water partition coefficient (Wildman–Crippen LogP) is 2.01. The van der Waals surface area contributed by atoms with Gasteiger partial charge in [-0.25, -0.2) is 8.42 Å². The van der Waals surface area contributed by atoms with Crippen LogP contribution in [-0.2, 0) is 14.8 Å². The third kappa shape index (κ3) is 4.59. The fourth-order valence-corrected chi connectivity index (χ4v) is 3.84. The number of halogens is 1. The van der Waals surface area contributed by atoms with Crippen molar-refractivity contribution >= 4 is 33.2 Å². The Labute approximate surface area is 135 Å². The van der Waals surface area contributed by atoms with Crippen LogP contribution in [0.2, 0.25) is 5.02 Å². The molecule has 0 aliphatic carbocycles. The van der Waals surface area contributed by atoms with Crippen molar-refractivity contribution in [1.29, 1.82) is 0 Å². The minimum atomic E-state index is -3.61. The Hall–Kier alpha value is -1.31. The molecule has 1 atom stereocenters. The SMILES string of the molecule is CNC(=O)c1cc(Cl)ccc1NS(=O)(=O)C[C@H]1CCCCO1. The first-order valence-electron chi connectivity index (χ1n) is 7.05. The normalized spacial score (nSPS) is 18.7. The van der Waals surface area contributed by atoms with Crippen molar-refractivity contribution in [2.75, 3.05) is 24.1 Å². The maximum Gasteiger partial charge on any atom is 0.253 e. The number of carbonyl (C=O) groups is 1. The van der Waals surface area contributed by atoms with E-state index in [0.29, 0.717) is 11.6 Å². The number of hydrogen-bond acceptors (Lipinski definition) is 4. The molecule has 0 bridgehead atoms. The van der Waals surface area contributed by atoms with E-state index in [1.54, 1.807) is 0 Å². The second kappa shape index (κ2) is 7.30. The molecule has 1 saturated heterocycles. The highest BCUT2D eigenvalue weighted by molar-refractivity contribution is 7.92. The Balaban J connectivity index is 2.16. The number of carbonyl (C=O) groups excluding carboxylic acids is 1. The van der Waals surface area contributed by atoms with E-state index in [-0.39, 0.29) is 23.1 Å². The van der Waals surface area contributed by atoms with Crippen LogP contribution in [0.4, 0.5) is 5.69 Å². The highest BCUT2D eigenvalue weighted by atomic mass is 35.5. The van der Waals surface area contributed by atoms with Crippen molar-refractivity contribution in [1.82, 2.24) is 5.32 Å². The number of amides is 1. The van der Waals surface area contributed by atoms with Gasteiger partial charge in [-0.3, -0.25) is 9.52 Å². The molecule has 0 unspecified atom stereocenters. The van der Waals surface area contributed by atoms with Crippen LogP contribution in [0.3, 0.4) is 0 Å². The van der Waals surface area contributed by atoms with E-state index < -0.39 is 15.9 Å². The second-order valence-corrected chi connectivity index (χ2v) is 7.34. The molecule has 8 heteroatoms. The molecule has 2 N–H and O–H groups in total. The Morgan fingerprint density at radius 2 is 2.18 bits per heavy atom. The summed E-state index contributed by atoms with van der Waals surface area (Å²) in [4.78, 5) is 11.8. The number of rotatable bonds is 5. The summed E-state index contributed by atoms with van der Waals surface area (Å²) in [5, 5.41) is 2.82. The maximum atomic E-state index is 12.3. The number of ether oxygens (including phenoxy) is 1. The van der Waals surface area contributed by atoms with E-state index in [1.807, 2.05) is 0 Å². The van der Waals surface area contributed by atoms with Gasteiger partial charge < -0.3 is 10.1 Å². The third-order valence-corrected chi connectivity index (χ3v) is 4.97. The lowest BCUT2D eigenvalue weighted by molar-refractivity contribution is 0.0306. The molecule has 0 radical (unpaired) electrons. The molecule has 1 fully saturated rings. The standard InChI is InChI=1S/C14H19ClN2O4S/c1-16-14(18)12-8-10(15)5-6-13(12)17-22(19,20)9-11-4-2-3-7-21-11/h5-6,8,11,17H,2-4,7,9H2,1H3,(H,16,18)/t11-/m1/s1. The fraction of sp³-hybridized carbons (Fsp3) is 0.500. The second-order valence-electron chi connectivity index (χ2n) is 5.14. The van der Waals surface area contributed by atoms with Gasteiger partial charge in [0.2, 0.25) is 10.0 Å². The summed E-state index contributed by atoms with van der Waals surface area (Å²) in [7, 11) is -2.14. The van der Waals surface area contributed by atoms with Crippen LogP contribution in [0, 0.1) is 0 Å². The summed E-state index contributed by atoms with van der Waals surface area (Å²) in [5.74, 6) is -0.530. The zero-order valence-corrected chi connectivity index (χ0v) is 13.8. The molecule has 1 aromatic rings. The highest BCUT2D eigenvalue weighted by Crippen LogP contribution is 2.23. The van der Waals surface area contributed by atoms with Gasteiger partial charge in [0.05, 0.1) is 23.1 Å². The molecular formula is C14H19ClN2O4S. The van der Waals surface area contributed by atoms with Crippen LogP contribution in [-0.4, -0.2) is 39.8 Å². The largest absolute Gasteiger partial charge is 0.377 e. The fourth-order valence-electron chi connectivity index (χ4n) is 2.32. The summed E-state index contributed by atoms with van der Waals surface area (Å²) in [6.45, 7) is 0.588. The van der Waals surface area contributed by atoms with E-state index >= 15 is 0 Å². The minimum Gasteiger partial charge on any atom is -0.377 e.